The molecule has 0 unspecified atom stereocenters. The minimum Gasteiger partial charge on any atom is -0.493 e. The lowest BCUT2D eigenvalue weighted by molar-refractivity contribution is -0.121. The summed E-state index contributed by atoms with van der Waals surface area (Å²) in [6, 6.07) is 13.9. The van der Waals surface area contributed by atoms with Gasteiger partial charge in [0, 0.05) is 7.05 Å². The summed E-state index contributed by atoms with van der Waals surface area (Å²) in [5.41, 5.74) is 1.53. The van der Waals surface area contributed by atoms with E-state index in [1.165, 1.54) is 28.8 Å². The number of carboxylic acids is 1. The Labute approximate surface area is 173 Å². The molecule has 3 rings (SSSR count). The van der Waals surface area contributed by atoms with Crippen LogP contribution in [0.5, 0.6) is 5.75 Å². The van der Waals surface area contributed by atoms with Crippen LogP contribution < -0.4 is 4.74 Å². The van der Waals surface area contributed by atoms with Gasteiger partial charge in [0.15, 0.2) is 5.17 Å². The van der Waals surface area contributed by atoms with Crippen LogP contribution in [0.25, 0.3) is 6.08 Å². The zero-order valence-corrected chi connectivity index (χ0v) is 17.3. The van der Waals surface area contributed by atoms with Gasteiger partial charge in [-0.15, -0.1) is 0 Å². The van der Waals surface area contributed by atoms with Crippen LogP contribution in [0.3, 0.4) is 0 Å². The van der Waals surface area contributed by atoms with Crippen molar-refractivity contribution in [3.05, 3.63) is 64.6 Å². The first-order chi connectivity index (χ1) is 13.8. The zero-order chi connectivity index (χ0) is 21.0. The van der Waals surface area contributed by atoms with Crippen LogP contribution in [0.2, 0.25) is 0 Å². The molecule has 7 heteroatoms. The van der Waals surface area contributed by atoms with Crippen LogP contribution in [0.15, 0.2) is 58.4 Å². The summed E-state index contributed by atoms with van der Waals surface area (Å²) in [5.74, 6) is 0.0814. The number of rotatable bonds is 6. The number of carbonyl (C=O) groups excluding carboxylic acids is 1. The van der Waals surface area contributed by atoms with Crippen molar-refractivity contribution in [3.63, 3.8) is 0 Å². The Morgan fingerprint density at radius 2 is 1.97 bits per heavy atom. The smallest absolute Gasteiger partial charge is 0.335 e. The number of amidine groups is 1. The van der Waals surface area contributed by atoms with E-state index in [0.29, 0.717) is 28.3 Å². The molecule has 150 valence electrons. The molecular formula is C22H22N2O4S. The van der Waals surface area contributed by atoms with Gasteiger partial charge in [0.05, 0.1) is 22.8 Å². The Bertz CT molecular complexity index is 981. The molecule has 1 saturated heterocycles. The minimum atomic E-state index is -1.02. The predicted molar refractivity (Wildman–Crippen MR) is 116 cm³/mol. The maximum Gasteiger partial charge on any atom is 0.335 e. The van der Waals surface area contributed by atoms with Gasteiger partial charge in [0.25, 0.3) is 5.91 Å². The van der Waals surface area contributed by atoms with Gasteiger partial charge >= 0.3 is 5.97 Å². The van der Waals surface area contributed by atoms with Gasteiger partial charge in [-0.2, -0.15) is 0 Å². The second kappa shape index (κ2) is 8.96. The molecule has 1 aliphatic heterocycles. The molecule has 1 fully saturated rings. The second-order valence-corrected chi connectivity index (χ2v) is 8.01. The largest absolute Gasteiger partial charge is 0.493 e. The number of carbonyl (C=O) groups is 2. The average molecular weight is 410 g/mol. The Hall–Kier alpha value is -3.06. The van der Waals surface area contributed by atoms with Crippen LogP contribution in [-0.4, -0.2) is 40.7 Å². The van der Waals surface area contributed by atoms with E-state index in [9.17, 15) is 9.59 Å². The van der Waals surface area contributed by atoms with Crippen LogP contribution >= 0.6 is 11.8 Å². The lowest BCUT2D eigenvalue weighted by Gasteiger charge is -2.08. The molecule has 0 aromatic heterocycles. The molecule has 1 heterocycles. The number of hydrogen-bond acceptors (Lipinski definition) is 5. The number of aromatic carboxylic acids is 1. The molecule has 0 bridgehead atoms. The number of thioether (sulfide) groups is 1. The Kier molecular flexibility index (Phi) is 6.39. The fraction of sp³-hybridized carbons (Fsp3) is 0.227. The van der Waals surface area contributed by atoms with Crippen molar-refractivity contribution < 1.29 is 19.4 Å². The van der Waals surface area contributed by atoms with E-state index in [1.807, 2.05) is 30.3 Å². The minimum absolute atomic E-state index is 0.150. The molecule has 0 spiro atoms. The first kappa shape index (κ1) is 20.7. The third kappa shape index (κ3) is 5.26. The van der Waals surface area contributed by atoms with Crippen molar-refractivity contribution in [2.75, 3.05) is 13.7 Å². The van der Waals surface area contributed by atoms with Gasteiger partial charge in [-0.05, 0) is 59.7 Å². The normalized spacial score (nSPS) is 16.8. The van der Waals surface area contributed by atoms with Crippen LogP contribution in [-0.2, 0) is 4.79 Å². The molecule has 0 aliphatic carbocycles. The summed E-state index contributed by atoms with van der Waals surface area (Å²) < 4.78 is 5.68. The third-order valence-electron chi connectivity index (χ3n) is 4.08. The van der Waals surface area contributed by atoms with E-state index in [-0.39, 0.29) is 11.5 Å². The van der Waals surface area contributed by atoms with E-state index in [4.69, 9.17) is 9.84 Å². The highest BCUT2D eigenvalue weighted by Crippen LogP contribution is 2.33. The molecule has 2 aromatic carbocycles. The van der Waals surface area contributed by atoms with E-state index in [0.717, 1.165) is 11.3 Å². The van der Waals surface area contributed by atoms with E-state index >= 15 is 0 Å². The maximum absolute atomic E-state index is 12.6. The predicted octanol–water partition coefficient (Wildman–Crippen LogP) is 4.65. The SMILES string of the molecule is CC(C)COc1ccc(/C=C2/SC(=Nc3cccc(C(=O)O)c3)N(C)C2=O)cc1. The first-order valence-corrected chi connectivity index (χ1v) is 9.97. The van der Waals surface area contributed by atoms with Gasteiger partial charge < -0.3 is 9.84 Å². The quantitative estimate of drug-likeness (QED) is 0.701. The average Bonchev–Trinajstić information content (AvgIpc) is 2.95. The summed E-state index contributed by atoms with van der Waals surface area (Å²) in [6.07, 6.45) is 1.81. The number of carboxylic acid groups (broad SMARTS) is 1. The van der Waals surface area contributed by atoms with Crippen LogP contribution in [0.1, 0.15) is 29.8 Å². The summed E-state index contributed by atoms with van der Waals surface area (Å²) in [5, 5.41) is 9.61. The molecule has 29 heavy (non-hydrogen) atoms. The zero-order valence-electron chi connectivity index (χ0n) is 16.5. The lowest BCUT2D eigenvalue weighted by Crippen LogP contribution is -2.23. The van der Waals surface area contributed by atoms with E-state index < -0.39 is 5.97 Å². The monoisotopic (exact) mass is 410 g/mol. The Balaban J connectivity index is 1.77. The number of amides is 1. The highest BCUT2D eigenvalue weighted by Gasteiger charge is 2.30. The number of aliphatic imine (C=N–C) groups is 1. The fourth-order valence-corrected chi connectivity index (χ4v) is 3.53. The van der Waals surface area contributed by atoms with Gasteiger partial charge in [0.1, 0.15) is 5.75 Å². The van der Waals surface area contributed by atoms with Crippen molar-refractivity contribution in [1.29, 1.82) is 0 Å². The molecule has 0 radical (unpaired) electrons. The molecule has 1 N–H and O–H groups in total. The Morgan fingerprint density at radius 1 is 1.24 bits per heavy atom. The van der Waals surface area contributed by atoms with Crippen molar-refractivity contribution in [3.8, 4) is 5.75 Å². The number of likely N-dealkylation sites (N-methyl/N-ethyl adjacent to an activating group) is 1. The molecule has 6 nitrogen and oxygen atoms in total. The molecule has 2 aromatic rings. The number of ether oxygens (including phenoxy) is 1. The van der Waals surface area contributed by atoms with Gasteiger partial charge in [-0.25, -0.2) is 9.79 Å². The molecular weight excluding hydrogens is 388 g/mol. The van der Waals surface area contributed by atoms with Crippen molar-refractivity contribution in [2.45, 2.75) is 13.8 Å². The van der Waals surface area contributed by atoms with Crippen molar-refractivity contribution in [1.82, 2.24) is 4.90 Å². The number of benzene rings is 2. The lowest BCUT2D eigenvalue weighted by atomic mass is 10.2. The van der Waals surface area contributed by atoms with Gasteiger partial charge in [-0.1, -0.05) is 32.0 Å². The van der Waals surface area contributed by atoms with Crippen LogP contribution in [0.4, 0.5) is 5.69 Å². The summed E-state index contributed by atoms with van der Waals surface area (Å²) >= 11 is 1.26. The van der Waals surface area contributed by atoms with Gasteiger partial charge in [-0.3, -0.25) is 9.69 Å². The topological polar surface area (TPSA) is 79.2 Å². The van der Waals surface area contributed by atoms with E-state index in [2.05, 4.69) is 18.8 Å². The highest BCUT2D eigenvalue weighted by atomic mass is 32.2. The highest BCUT2D eigenvalue weighted by molar-refractivity contribution is 8.18. The number of hydrogen-bond donors (Lipinski definition) is 1. The van der Waals surface area contributed by atoms with Crippen LogP contribution in [0, 0.1) is 5.92 Å². The standard InChI is InChI=1S/C22H22N2O4S/c1-14(2)13-28-18-9-7-15(8-10-18)11-19-20(25)24(3)22(29-19)23-17-6-4-5-16(12-17)21(26)27/h4-12,14H,13H2,1-3H3,(H,26,27)/b19-11+,23-22?. The maximum atomic E-state index is 12.6. The molecule has 1 amide bonds. The molecule has 1 aliphatic rings. The number of nitrogens with zero attached hydrogens (tertiary/aromatic N) is 2. The summed E-state index contributed by atoms with van der Waals surface area (Å²) in [4.78, 5) is 30.1. The Morgan fingerprint density at radius 3 is 2.62 bits per heavy atom. The summed E-state index contributed by atoms with van der Waals surface area (Å²) in [7, 11) is 1.65. The van der Waals surface area contributed by atoms with Gasteiger partial charge in [0.2, 0.25) is 0 Å². The first-order valence-electron chi connectivity index (χ1n) is 9.16. The molecule has 0 saturated carbocycles. The van der Waals surface area contributed by atoms with Crippen molar-refractivity contribution in [2.24, 2.45) is 10.9 Å². The second-order valence-electron chi connectivity index (χ2n) is 7.00. The van der Waals surface area contributed by atoms with E-state index in [1.54, 1.807) is 19.2 Å². The van der Waals surface area contributed by atoms with Crippen molar-refractivity contribution >= 4 is 40.6 Å². The molecule has 0 atom stereocenters. The third-order valence-corrected chi connectivity index (χ3v) is 5.14. The summed E-state index contributed by atoms with van der Waals surface area (Å²) in [6.45, 7) is 4.84. The fourth-order valence-electron chi connectivity index (χ4n) is 2.55.